The summed E-state index contributed by atoms with van der Waals surface area (Å²) in [7, 11) is -1.29. The van der Waals surface area contributed by atoms with E-state index in [0.717, 1.165) is 18.0 Å². The van der Waals surface area contributed by atoms with E-state index in [9.17, 15) is 13.2 Å². The van der Waals surface area contributed by atoms with E-state index in [1.165, 1.54) is 15.6 Å². The zero-order valence-electron chi connectivity index (χ0n) is 12.1. The van der Waals surface area contributed by atoms with Crippen LogP contribution in [-0.2, 0) is 21.2 Å². The summed E-state index contributed by atoms with van der Waals surface area (Å²) in [6.45, 7) is 2.73. The van der Waals surface area contributed by atoms with Crippen LogP contribution in [0.5, 0.6) is 0 Å². The van der Waals surface area contributed by atoms with Crippen molar-refractivity contribution < 1.29 is 13.2 Å². The minimum atomic E-state index is -3.27. The second kappa shape index (κ2) is 7.35. The fraction of sp³-hybridized carbons (Fsp3) is 0.615. The van der Waals surface area contributed by atoms with Crippen molar-refractivity contribution in [3.05, 3.63) is 22.4 Å². The Balaban J connectivity index is 1.73. The number of carbonyl (C=O) groups excluding carboxylic acids is 1. The standard InChI is InChI=1S/C13H21N3O3S2/c1-15-5-7-16(8-6-15)21(18,19)10-4-14-13(17)11-12-3-2-9-20-12/h2-3,9H,4-8,10-11H2,1H3,(H,14,17). The molecule has 0 saturated carbocycles. The van der Waals surface area contributed by atoms with Gasteiger partial charge in [0, 0.05) is 37.6 Å². The van der Waals surface area contributed by atoms with E-state index in [2.05, 4.69) is 10.2 Å². The highest BCUT2D eigenvalue weighted by Gasteiger charge is 2.25. The molecule has 0 unspecified atom stereocenters. The van der Waals surface area contributed by atoms with Crippen molar-refractivity contribution in [2.24, 2.45) is 0 Å². The van der Waals surface area contributed by atoms with Crippen molar-refractivity contribution in [2.45, 2.75) is 6.42 Å². The molecule has 1 saturated heterocycles. The van der Waals surface area contributed by atoms with Gasteiger partial charge in [0.25, 0.3) is 0 Å². The lowest BCUT2D eigenvalue weighted by atomic mass is 10.3. The summed E-state index contributed by atoms with van der Waals surface area (Å²) >= 11 is 1.52. The number of nitrogens with zero attached hydrogens (tertiary/aromatic N) is 2. The third-order valence-electron chi connectivity index (χ3n) is 3.45. The Morgan fingerprint density at radius 3 is 2.67 bits per heavy atom. The van der Waals surface area contributed by atoms with Crippen molar-refractivity contribution in [3.8, 4) is 0 Å². The fourth-order valence-corrected chi connectivity index (χ4v) is 4.19. The van der Waals surface area contributed by atoms with E-state index in [1.54, 1.807) is 0 Å². The zero-order valence-corrected chi connectivity index (χ0v) is 13.8. The lowest BCUT2D eigenvalue weighted by Gasteiger charge is -2.31. The van der Waals surface area contributed by atoms with Gasteiger partial charge in [-0.2, -0.15) is 4.31 Å². The van der Waals surface area contributed by atoms with Crippen LogP contribution in [-0.4, -0.2) is 69.1 Å². The van der Waals surface area contributed by atoms with Crippen LogP contribution in [0.25, 0.3) is 0 Å². The van der Waals surface area contributed by atoms with Gasteiger partial charge in [0.1, 0.15) is 0 Å². The Hall–Kier alpha value is -0.960. The number of hydrogen-bond donors (Lipinski definition) is 1. The average Bonchev–Trinajstić information content (AvgIpc) is 2.91. The van der Waals surface area contributed by atoms with Gasteiger partial charge in [-0.15, -0.1) is 11.3 Å². The second-order valence-corrected chi connectivity index (χ2v) is 8.25. The Morgan fingerprint density at radius 1 is 1.33 bits per heavy atom. The Bertz CT molecular complexity index is 549. The number of nitrogens with one attached hydrogen (secondary N) is 1. The number of rotatable bonds is 6. The van der Waals surface area contributed by atoms with E-state index in [1.807, 2.05) is 24.6 Å². The van der Waals surface area contributed by atoms with Crippen molar-refractivity contribution >= 4 is 27.3 Å². The predicted molar refractivity (Wildman–Crippen MR) is 83.9 cm³/mol. The van der Waals surface area contributed by atoms with Crippen LogP contribution >= 0.6 is 11.3 Å². The Labute approximate surface area is 129 Å². The van der Waals surface area contributed by atoms with Gasteiger partial charge in [-0.25, -0.2) is 8.42 Å². The molecule has 2 heterocycles. The minimum Gasteiger partial charge on any atom is -0.355 e. The molecule has 1 fully saturated rings. The third kappa shape index (κ3) is 5.06. The molecule has 6 nitrogen and oxygen atoms in total. The molecule has 1 aromatic heterocycles. The monoisotopic (exact) mass is 331 g/mol. The maximum absolute atomic E-state index is 12.1. The smallest absolute Gasteiger partial charge is 0.225 e. The Morgan fingerprint density at radius 2 is 2.05 bits per heavy atom. The number of piperazine rings is 1. The summed E-state index contributed by atoms with van der Waals surface area (Å²) < 4.78 is 25.8. The number of hydrogen-bond acceptors (Lipinski definition) is 5. The number of thiophene rings is 1. The van der Waals surface area contributed by atoms with Crippen LogP contribution in [0.3, 0.4) is 0 Å². The quantitative estimate of drug-likeness (QED) is 0.796. The van der Waals surface area contributed by atoms with E-state index in [0.29, 0.717) is 19.5 Å². The molecule has 0 atom stereocenters. The van der Waals surface area contributed by atoms with Crippen molar-refractivity contribution in [1.29, 1.82) is 0 Å². The lowest BCUT2D eigenvalue weighted by molar-refractivity contribution is -0.120. The van der Waals surface area contributed by atoms with Crippen molar-refractivity contribution in [3.63, 3.8) is 0 Å². The van der Waals surface area contributed by atoms with Crippen LogP contribution < -0.4 is 5.32 Å². The van der Waals surface area contributed by atoms with Gasteiger partial charge in [-0.3, -0.25) is 4.79 Å². The van der Waals surface area contributed by atoms with Gasteiger partial charge in [0.15, 0.2) is 0 Å². The average molecular weight is 331 g/mol. The molecule has 1 aliphatic heterocycles. The van der Waals surface area contributed by atoms with Crippen molar-refractivity contribution in [1.82, 2.24) is 14.5 Å². The molecule has 118 valence electrons. The van der Waals surface area contributed by atoms with Gasteiger partial charge in [-0.05, 0) is 18.5 Å². The molecule has 1 aliphatic rings. The molecule has 1 N–H and O–H groups in total. The summed E-state index contributed by atoms with van der Waals surface area (Å²) in [5, 5.41) is 4.59. The number of likely N-dealkylation sites (N-methyl/N-ethyl adjacent to an activating group) is 1. The fourth-order valence-electron chi connectivity index (χ4n) is 2.15. The molecule has 1 amide bonds. The first-order valence-corrected chi connectivity index (χ1v) is 9.42. The SMILES string of the molecule is CN1CCN(S(=O)(=O)CCNC(=O)Cc2cccs2)CC1. The van der Waals surface area contributed by atoms with Gasteiger partial charge in [0.05, 0.1) is 12.2 Å². The maximum Gasteiger partial charge on any atom is 0.225 e. The van der Waals surface area contributed by atoms with Crippen LogP contribution in [0, 0.1) is 0 Å². The molecule has 0 spiro atoms. The third-order valence-corrected chi connectivity index (χ3v) is 6.20. The predicted octanol–water partition coefficient (Wildman–Crippen LogP) is -0.0160. The topological polar surface area (TPSA) is 69.7 Å². The number of sulfonamides is 1. The second-order valence-electron chi connectivity index (χ2n) is 5.12. The van der Waals surface area contributed by atoms with E-state index in [-0.39, 0.29) is 18.2 Å². The minimum absolute atomic E-state index is 0.0348. The molecule has 21 heavy (non-hydrogen) atoms. The van der Waals surface area contributed by atoms with Gasteiger partial charge < -0.3 is 10.2 Å². The molecular weight excluding hydrogens is 310 g/mol. The van der Waals surface area contributed by atoms with Crippen LogP contribution in [0.15, 0.2) is 17.5 Å². The van der Waals surface area contributed by atoms with Gasteiger partial charge in [-0.1, -0.05) is 6.07 Å². The normalized spacial score (nSPS) is 17.8. The summed E-state index contributed by atoms with van der Waals surface area (Å²) in [5.74, 6) is -0.168. The molecule has 0 radical (unpaired) electrons. The van der Waals surface area contributed by atoms with Crippen LogP contribution in [0.1, 0.15) is 4.88 Å². The first-order valence-electron chi connectivity index (χ1n) is 6.93. The van der Waals surface area contributed by atoms with E-state index in [4.69, 9.17) is 0 Å². The molecular formula is C13H21N3O3S2. The zero-order chi connectivity index (χ0) is 15.3. The maximum atomic E-state index is 12.1. The first kappa shape index (κ1) is 16.4. The summed E-state index contributed by atoms with van der Waals surface area (Å²) in [5.41, 5.74) is 0. The summed E-state index contributed by atoms with van der Waals surface area (Å²) in [6, 6.07) is 3.79. The number of carbonyl (C=O) groups is 1. The Kier molecular flexibility index (Phi) is 5.74. The largest absolute Gasteiger partial charge is 0.355 e. The van der Waals surface area contributed by atoms with E-state index < -0.39 is 10.0 Å². The molecule has 1 aromatic rings. The lowest BCUT2D eigenvalue weighted by Crippen LogP contribution is -2.48. The van der Waals surface area contributed by atoms with Gasteiger partial charge >= 0.3 is 0 Å². The highest BCUT2D eigenvalue weighted by Crippen LogP contribution is 2.09. The summed E-state index contributed by atoms with van der Waals surface area (Å²) in [6.07, 6.45) is 0.312. The highest BCUT2D eigenvalue weighted by molar-refractivity contribution is 7.89. The first-order chi connectivity index (χ1) is 9.97. The van der Waals surface area contributed by atoms with Gasteiger partial charge in [0.2, 0.25) is 15.9 Å². The molecule has 0 aromatic carbocycles. The highest BCUT2D eigenvalue weighted by atomic mass is 32.2. The van der Waals surface area contributed by atoms with Crippen molar-refractivity contribution in [2.75, 3.05) is 45.5 Å². The molecule has 0 aliphatic carbocycles. The van der Waals surface area contributed by atoms with Crippen LogP contribution in [0.2, 0.25) is 0 Å². The number of amides is 1. The molecule has 8 heteroatoms. The van der Waals surface area contributed by atoms with E-state index >= 15 is 0 Å². The molecule has 2 rings (SSSR count). The van der Waals surface area contributed by atoms with Crippen LogP contribution in [0.4, 0.5) is 0 Å². The molecule has 0 bridgehead atoms. The summed E-state index contributed by atoms with van der Waals surface area (Å²) in [4.78, 5) is 14.8.